The summed E-state index contributed by atoms with van der Waals surface area (Å²) in [6.45, 7) is 11.2. The molecule has 0 heterocycles. The second-order valence-electron chi connectivity index (χ2n) is 2.99. The van der Waals surface area contributed by atoms with Crippen molar-refractivity contribution in [3.63, 3.8) is 0 Å². The lowest BCUT2D eigenvalue weighted by Gasteiger charge is -2.14. The van der Waals surface area contributed by atoms with Crippen LogP contribution in [0.4, 0.5) is 0 Å². The molecule has 0 aromatic heterocycles. The summed E-state index contributed by atoms with van der Waals surface area (Å²) in [5, 5.41) is 9.68. The molecule has 0 bridgehead atoms. The number of thioether (sulfide) groups is 3. The maximum absolute atomic E-state index is 3.74. The summed E-state index contributed by atoms with van der Waals surface area (Å²) in [4.78, 5) is 0. The monoisotopic (exact) mass is 452 g/mol. The second-order valence-corrected chi connectivity index (χ2v) is 14.6. The fraction of sp³-hybridized carbons (Fsp3) is 0.500. The van der Waals surface area contributed by atoms with Gasteiger partial charge in [0.2, 0.25) is 0 Å². The molecule has 21 heavy (non-hydrogen) atoms. The molecule has 9 heteroatoms. The van der Waals surface area contributed by atoms with Crippen molar-refractivity contribution in [1.29, 1.82) is 0 Å². The van der Waals surface area contributed by atoms with E-state index in [1.54, 1.807) is 35.3 Å². The van der Waals surface area contributed by atoms with Gasteiger partial charge in [0.05, 0.1) is 15.3 Å². The largest absolute Gasteiger partial charge is 0.123 e. The predicted molar refractivity (Wildman–Crippen MR) is 127 cm³/mol. The van der Waals surface area contributed by atoms with Crippen molar-refractivity contribution < 1.29 is 0 Å². The van der Waals surface area contributed by atoms with E-state index in [1.807, 2.05) is 81.0 Å². The van der Waals surface area contributed by atoms with Gasteiger partial charge in [0.1, 0.15) is 0 Å². The van der Waals surface area contributed by atoms with Gasteiger partial charge in [-0.3, -0.25) is 0 Å². The Kier molecular flexibility index (Phi) is 22.7. The summed E-state index contributed by atoms with van der Waals surface area (Å²) in [5.74, 6) is 2.39. The molecule has 0 spiro atoms. The van der Waals surface area contributed by atoms with Gasteiger partial charge in [-0.15, -0.1) is 35.3 Å². The topological polar surface area (TPSA) is 0 Å². The minimum Gasteiger partial charge on any atom is -0.123 e. The maximum atomic E-state index is 3.74. The molecule has 0 N–H and O–H groups in total. The van der Waals surface area contributed by atoms with Crippen molar-refractivity contribution in [2.75, 3.05) is 26.8 Å². The van der Waals surface area contributed by atoms with Gasteiger partial charge in [0.15, 0.2) is 0 Å². The molecule has 0 aromatic carbocycles. The molecule has 0 atom stereocenters. The van der Waals surface area contributed by atoms with E-state index in [2.05, 4.69) is 19.7 Å². The van der Waals surface area contributed by atoms with Crippen LogP contribution in [0, 0.1) is 0 Å². The first-order chi connectivity index (χ1) is 10.3. The van der Waals surface area contributed by atoms with Crippen LogP contribution >= 0.6 is 100 Å². The van der Waals surface area contributed by atoms with Crippen molar-refractivity contribution in [2.24, 2.45) is 0 Å². The zero-order chi connectivity index (χ0) is 15.6. The average Bonchev–Trinajstić information content (AvgIpc) is 2.50. The molecule has 0 radical (unpaired) electrons. The molecule has 0 aliphatic carbocycles. The molecule has 0 aliphatic heterocycles. The van der Waals surface area contributed by atoms with Crippen LogP contribution in [-0.2, 0) is 0 Å². The van der Waals surface area contributed by atoms with E-state index in [-0.39, 0.29) is 0 Å². The lowest BCUT2D eigenvalue weighted by molar-refractivity contribution is 1.17. The van der Waals surface area contributed by atoms with E-state index in [0.717, 1.165) is 15.3 Å². The molecule has 0 rings (SSSR count). The Morgan fingerprint density at radius 2 is 1.05 bits per heavy atom. The smallest absolute Gasteiger partial charge is 0.0537 e. The van der Waals surface area contributed by atoms with Crippen molar-refractivity contribution in [3.05, 3.63) is 36.0 Å². The molecule has 0 aromatic rings. The fourth-order valence-corrected chi connectivity index (χ4v) is 12.2. The van der Waals surface area contributed by atoms with Gasteiger partial charge < -0.3 is 0 Å². The average molecular weight is 453 g/mol. The Hall–Kier alpha value is 2.37. The van der Waals surface area contributed by atoms with Crippen LogP contribution in [0.1, 0.15) is 0 Å². The molecule has 0 saturated carbocycles. The second kappa shape index (κ2) is 20.4. The molecule has 0 aliphatic rings. The van der Waals surface area contributed by atoms with Crippen LogP contribution in [0.25, 0.3) is 0 Å². The normalized spacial score (nSPS) is 10.7. The van der Waals surface area contributed by atoms with Crippen LogP contribution in [-0.4, -0.2) is 32.0 Å². The van der Waals surface area contributed by atoms with Crippen molar-refractivity contribution in [3.8, 4) is 0 Å². The summed E-state index contributed by atoms with van der Waals surface area (Å²) in [5.41, 5.74) is 0. The van der Waals surface area contributed by atoms with E-state index in [0.29, 0.717) is 5.25 Å². The minimum atomic E-state index is 0.692. The third kappa shape index (κ3) is 18.5. The minimum absolute atomic E-state index is 0.692. The van der Waals surface area contributed by atoms with Gasteiger partial charge in [0.25, 0.3) is 0 Å². The first-order valence-corrected chi connectivity index (χ1v) is 16.3. The van der Waals surface area contributed by atoms with Crippen LogP contribution in [0.5, 0.6) is 0 Å². The number of hydrogen-bond donors (Lipinski definition) is 0. The van der Waals surface area contributed by atoms with E-state index >= 15 is 0 Å². The van der Waals surface area contributed by atoms with Gasteiger partial charge in [-0.1, -0.05) is 84.5 Å². The zero-order valence-corrected chi connectivity index (χ0v) is 19.0. The zero-order valence-electron chi connectivity index (χ0n) is 11.6. The standard InChI is InChI=1S/C12H20S9/c1-4-13-9-18-16-7-12(21-20-11-15-6-3)8-17-19-10-14-5-2/h4-6,12H,1-3,7-11H2. The highest BCUT2D eigenvalue weighted by atomic mass is 33.1. The molecular weight excluding hydrogens is 433 g/mol. The molecule has 0 fully saturated rings. The van der Waals surface area contributed by atoms with Crippen molar-refractivity contribution in [1.82, 2.24) is 0 Å². The Labute approximate surface area is 166 Å². The van der Waals surface area contributed by atoms with Crippen LogP contribution in [0.3, 0.4) is 0 Å². The van der Waals surface area contributed by atoms with Crippen LogP contribution in [0.2, 0.25) is 0 Å². The van der Waals surface area contributed by atoms with Gasteiger partial charge in [-0.05, 0) is 16.2 Å². The Bertz CT molecular complexity index is 241. The number of rotatable bonds is 17. The first kappa shape index (κ1) is 23.4. The molecule has 0 amide bonds. The summed E-state index contributed by atoms with van der Waals surface area (Å²) >= 11 is 5.31. The van der Waals surface area contributed by atoms with Gasteiger partial charge in [-0.2, -0.15) is 0 Å². The highest BCUT2D eigenvalue weighted by Gasteiger charge is 2.11. The van der Waals surface area contributed by atoms with Crippen molar-refractivity contribution >= 4 is 100 Å². The predicted octanol–water partition coefficient (Wildman–Crippen LogP) is 8.00. The van der Waals surface area contributed by atoms with Gasteiger partial charge >= 0.3 is 0 Å². The SMILES string of the molecule is C=CSCSSCC(CSSCSC=C)SSCSC=C. The lowest BCUT2D eigenvalue weighted by atomic mass is 10.6. The Morgan fingerprint density at radius 3 is 1.48 bits per heavy atom. The van der Waals surface area contributed by atoms with Gasteiger partial charge in [-0.25, -0.2) is 0 Å². The molecule has 0 saturated heterocycles. The van der Waals surface area contributed by atoms with E-state index in [4.69, 9.17) is 0 Å². The quantitative estimate of drug-likeness (QED) is 0.121. The van der Waals surface area contributed by atoms with E-state index < -0.39 is 0 Å². The van der Waals surface area contributed by atoms with E-state index in [9.17, 15) is 0 Å². The third-order valence-electron chi connectivity index (χ3n) is 1.58. The molecule has 0 unspecified atom stereocenters. The Morgan fingerprint density at radius 1 is 0.619 bits per heavy atom. The van der Waals surface area contributed by atoms with Crippen molar-refractivity contribution in [2.45, 2.75) is 5.25 Å². The van der Waals surface area contributed by atoms with Gasteiger partial charge in [0, 0.05) is 16.8 Å². The number of hydrogen-bond acceptors (Lipinski definition) is 9. The summed E-state index contributed by atoms with van der Waals surface area (Å²) < 4.78 is 0. The maximum Gasteiger partial charge on any atom is 0.0537 e. The lowest BCUT2D eigenvalue weighted by Crippen LogP contribution is -2.07. The molecular formula is C12H20S9. The summed E-state index contributed by atoms with van der Waals surface area (Å²) in [6, 6.07) is 0. The fourth-order valence-electron chi connectivity index (χ4n) is 0.771. The summed E-state index contributed by atoms with van der Waals surface area (Å²) in [7, 11) is 11.8. The Balaban J connectivity index is 3.76. The van der Waals surface area contributed by atoms with Crippen LogP contribution in [0.15, 0.2) is 36.0 Å². The highest BCUT2D eigenvalue weighted by Crippen LogP contribution is 2.39. The van der Waals surface area contributed by atoms with E-state index in [1.165, 1.54) is 11.5 Å². The first-order valence-electron chi connectivity index (χ1n) is 5.79. The highest BCUT2D eigenvalue weighted by molar-refractivity contribution is 8.80. The molecule has 122 valence electrons. The third-order valence-corrected chi connectivity index (χ3v) is 13.3. The van der Waals surface area contributed by atoms with Crippen LogP contribution < -0.4 is 0 Å². The summed E-state index contributed by atoms with van der Waals surface area (Å²) in [6.07, 6.45) is 0. The molecule has 0 nitrogen and oxygen atoms in total.